The number of nitrogens with one attached hydrogen (secondary N) is 1. The lowest BCUT2D eigenvalue weighted by Gasteiger charge is -2.41. The fraction of sp³-hybridized carbons (Fsp3) is 0.316. The molecule has 2 aromatic heterocycles. The van der Waals surface area contributed by atoms with Gasteiger partial charge in [0.15, 0.2) is 10.7 Å². The van der Waals surface area contributed by atoms with Crippen LogP contribution in [0.25, 0.3) is 10.2 Å². The highest BCUT2D eigenvalue weighted by atomic mass is 32.1. The van der Waals surface area contributed by atoms with E-state index in [1.54, 1.807) is 41.5 Å². The average Bonchev–Trinajstić information content (AvgIpc) is 3.09. The quantitative estimate of drug-likeness (QED) is 0.745. The fourth-order valence-electron chi connectivity index (χ4n) is 3.78. The number of rotatable bonds is 3. The summed E-state index contributed by atoms with van der Waals surface area (Å²) in [4.78, 5) is 23.3. The van der Waals surface area contributed by atoms with Crippen LogP contribution in [0.15, 0.2) is 42.6 Å². The Kier molecular flexibility index (Phi) is 3.32. The summed E-state index contributed by atoms with van der Waals surface area (Å²) in [5, 5.41) is 15.0. The molecule has 3 heterocycles. The Hall–Kier alpha value is -2.51. The molecule has 5 rings (SSSR count). The summed E-state index contributed by atoms with van der Waals surface area (Å²) >= 11 is 1.64. The third-order valence-electron chi connectivity index (χ3n) is 5.27. The van der Waals surface area contributed by atoms with Crippen LogP contribution in [0.5, 0.6) is 0 Å². The van der Waals surface area contributed by atoms with Gasteiger partial charge < -0.3 is 10.4 Å². The first kappa shape index (κ1) is 15.7. The number of aliphatic hydroxyl groups is 1. The molecule has 1 atom stereocenters. The van der Waals surface area contributed by atoms with E-state index in [-0.39, 0.29) is 18.0 Å². The van der Waals surface area contributed by atoms with Crippen LogP contribution in [0.4, 0.5) is 10.9 Å². The van der Waals surface area contributed by atoms with Gasteiger partial charge in [0.05, 0.1) is 10.2 Å². The number of amides is 1. The van der Waals surface area contributed by atoms with Crippen LogP contribution < -0.4 is 10.2 Å². The maximum absolute atomic E-state index is 12.7. The Balaban J connectivity index is 1.32. The molecular formula is C19H18N4O2S. The summed E-state index contributed by atoms with van der Waals surface area (Å²) < 4.78 is 1.16. The second kappa shape index (κ2) is 5.49. The van der Waals surface area contributed by atoms with Gasteiger partial charge in [0.25, 0.3) is 5.91 Å². The standard InChI is InChI=1S/C19H18N4O2S/c1-19(25)13-5-4-8-20-16(13)23(17(19)24)12-9-11(10-12)21-18-22-14-6-2-3-7-15(14)26-18/h2-8,11-12,25H,9-10H2,1H3,(H,21,22)/t11?,12?,19-/m1/s1. The molecule has 1 amide bonds. The highest BCUT2D eigenvalue weighted by molar-refractivity contribution is 7.22. The van der Waals surface area contributed by atoms with Gasteiger partial charge in [-0.15, -0.1) is 0 Å². The molecule has 1 fully saturated rings. The second-order valence-electron chi connectivity index (χ2n) is 7.08. The monoisotopic (exact) mass is 366 g/mol. The molecular weight excluding hydrogens is 348 g/mol. The summed E-state index contributed by atoms with van der Waals surface area (Å²) in [6.07, 6.45) is 3.29. The molecule has 1 aromatic carbocycles. The fourth-order valence-corrected chi connectivity index (χ4v) is 4.72. The minimum absolute atomic E-state index is 0.0528. The van der Waals surface area contributed by atoms with E-state index in [1.807, 2.05) is 18.2 Å². The molecule has 1 saturated carbocycles. The van der Waals surface area contributed by atoms with Crippen molar-refractivity contribution >= 4 is 38.4 Å². The van der Waals surface area contributed by atoms with Crippen LogP contribution in [-0.4, -0.2) is 33.1 Å². The molecule has 0 radical (unpaired) electrons. The van der Waals surface area contributed by atoms with Crippen molar-refractivity contribution in [3.63, 3.8) is 0 Å². The molecule has 2 aliphatic rings. The van der Waals surface area contributed by atoms with Crippen LogP contribution in [0.3, 0.4) is 0 Å². The van der Waals surface area contributed by atoms with E-state index in [0.717, 1.165) is 28.2 Å². The summed E-state index contributed by atoms with van der Waals surface area (Å²) in [7, 11) is 0. The van der Waals surface area contributed by atoms with Gasteiger partial charge in [-0.2, -0.15) is 0 Å². The van der Waals surface area contributed by atoms with Crippen molar-refractivity contribution in [2.75, 3.05) is 10.2 Å². The van der Waals surface area contributed by atoms with E-state index in [0.29, 0.717) is 11.4 Å². The Morgan fingerprint density at radius 1 is 1.27 bits per heavy atom. The zero-order valence-electron chi connectivity index (χ0n) is 14.2. The van der Waals surface area contributed by atoms with E-state index < -0.39 is 5.60 Å². The van der Waals surface area contributed by atoms with Gasteiger partial charge in [-0.3, -0.25) is 9.69 Å². The summed E-state index contributed by atoms with van der Waals surface area (Å²) in [6.45, 7) is 1.55. The van der Waals surface area contributed by atoms with Gasteiger partial charge in [0.1, 0.15) is 5.82 Å². The first-order valence-electron chi connectivity index (χ1n) is 8.67. The maximum Gasteiger partial charge on any atom is 0.264 e. The number of carbonyl (C=O) groups is 1. The van der Waals surface area contributed by atoms with Crippen molar-refractivity contribution in [2.45, 2.75) is 37.5 Å². The highest BCUT2D eigenvalue weighted by Crippen LogP contribution is 2.43. The van der Waals surface area contributed by atoms with Gasteiger partial charge in [-0.1, -0.05) is 29.5 Å². The molecule has 2 N–H and O–H groups in total. The van der Waals surface area contributed by atoms with Gasteiger partial charge in [0, 0.05) is 23.8 Å². The SMILES string of the molecule is C[C@]1(O)C(=O)N(C2CC(Nc3nc4ccccc4s3)C2)c2ncccc21. The zero-order valence-corrected chi connectivity index (χ0v) is 15.0. The van der Waals surface area contributed by atoms with Gasteiger partial charge in [-0.25, -0.2) is 9.97 Å². The van der Waals surface area contributed by atoms with Crippen molar-refractivity contribution in [1.82, 2.24) is 9.97 Å². The predicted octanol–water partition coefficient (Wildman–Crippen LogP) is 2.89. The maximum atomic E-state index is 12.7. The topological polar surface area (TPSA) is 78.4 Å². The number of benzene rings is 1. The van der Waals surface area contributed by atoms with Gasteiger partial charge in [-0.05, 0) is 38.0 Å². The molecule has 26 heavy (non-hydrogen) atoms. The number of para-hydroxylation sites is 1. The van der Waals surface area contributed by atoms with Crippen LogP contribution >= 0.6 is 11.3 Å². The first-order valence-corrected chi connectivity index (χ1v) is 9.49. The zero-order chi connectivity index (χ0) is 17.9. The molecule has 132 valence electrons. The van der Waals surface area contributed by atoms with E-state index in [9.17, 15) is 9.90 Å². The average molecular weight is 366 g/mol. The first-order chi connectivity index (χ1) is 12.5. The molecule has 0 spiro atoms. The Morgan fingerprint density at radius 3 is 2.88 bits per heavy atom. The van der Waals surface area contributed by atoms with E-state index in [2.05, 4.69) is 21.4 Å². The number of hydrogen-bond acceptors (Lipinski definition) is 6. The third kappa shape index (κ3) is 2.24. The Morgan fingerprint density at radius 2 is 2.08 bits per heavy atom. The van der Waals surface area contributed by atoms with E-state index in [1.165, 1.54) is 0 Å². The van der Waals surface area contributed by atoms with Gasteiger partial charge >= 0.3 is 0 Å². The van der Waals surface area contributed by atoms with Crippen molar-refractivity contribution < 1.29 is 9.90 Å². The molecule has 0 bridgehead atoms. The summed E-state index contributed by atoms with van der Waals surface area (Å²) in [5.41, 5.74) is 0.0992. The van der Waals surface area contributed by atoms with Crippen molar-refractivity contribution in [3.05, 3.63) is 48.2 Å². The lowest BCUT2D eigenvalue weighted by molar-refractivity contribution is -0.135. The lowest BCUT2D eigenvalue weighted by atomic mass is 9.85. The number of fused-ring (bicyclic) bond motifs is 2. The van der Waals surface area contributed by atoms with Crippen molar-refractivity contribution in [3.8, 4) is 0 Å². The number of hydrogen-bond donors (Lipinski definition) is 2. The van der Waals surface area contributed by atoms with Crippen LogP contribution in [0.2, 0.25) is 0 Å². The van der Waals surface area contributed by atoms with E-state index in [4.69, 9.17) is 0 Å². The number of anilines is 2. The Bertz CT molecular complexity index is 976. The van der Waals surface area contributed by atoms with Crippen molar-refractivity contribution in [1.29, 1.82) is 0 Å². The lowest BCUT2D eigenvalue weighted by Crippen LogP contribution is -2.53. The molecule has 3 aromatic rings. The molecule has 1 aliphatic heterocycles. The number of pyridine rings is 1. The van der Waals surface area contributed by atoms with Gasteiger partial charge in [0.2, 0.25) is 0 Å². The largest absolute Gasteiger partial charge is 0.375 e. The minimum atomic E-state index is -1.49. The van der Waals surface area contributed by atoms with E-state index >= 15 is 0 Å². The molecule has 1 aliphatic carbocycles. The van der Waals surface area contributed by atoms with Crippen molar-refractivity contribution in [2.24, 2.45) is 0 Å². The molecule has 7 heteroatoms. The number of thiazole rings is 1. The third-order valence-corrected chi connectivity index (χ3v) is 6.24. The summed E-state index contributed by atoms with van der Waals surface area (Å²) in [5.74, 6) is 0.306. The normalized spacial score (nSPS) is 27.5. The molecule has 0 unspecified atom stereocenters. The summed E-state index contributed by atoms with van der Waals surface area (Å²) in [6, 6.07) is 11.9. The number of carbonyl (C=O) groups excluding carboxylic acids is 1. The van der Waals surface area contributed by atoms with Crippen LogP contribution in [-0.2, 0) is 10.4 Å². The Labute approximate surface area is 154 Å². The second-order valence-corrected chi connectivity index (χ2v) is 8.11. The number of aromatic nitrogens is 2. The highest BCUT2D eigenvalue weighted by Gasteiger charge is 2.51. The smallest absolute Gasteiger partial charge is 0.264 e. The van der Waals surface area contributed by atoms with Crippen LogP contribution in [0.1, 0.15) is 25.3 Å². The predicted molar refractivity (Wildman–Crippen MR) is 101 cm³/mol. The molecule has 0 saturated heterocycles. The minimum Gasteiger partial charge on any atom is -0.375 e. The van der Waals surface area contributed by atoms with Crippen LogP contribution in [0, 0.1) is 0 Å². The number of nitrogens with zero attached hydrogens (tertiary/aromatic N) is 3. The molecule has 6 nitrogen and oxygen atoms in total.